The number of ether oxygens (including phenoxy) is 1. The van der Waals surface area contributed by atoms with Gasteiger partial charge in [-0.1, -0.05) is 12.1 Å². The van der Waals surface area contributed by atoms with E-state index in [1.807, 2.05) is 12.1 Å². The van der Waals surface area contributed by atoms with Crippen molar-refractivity contribution < 1.29 is 14.3 Å². The van der Waals surface area contributed by atoms with Gasteiger partial charge in [0.1, 0.15) is 0 Å². The summed E-state index contributed by atoms with van der Waals surface area (Å²) >= 11 is 0. The van der Waals surface area contributed by atoms with Crippen LogP contribution in [0.15, 0.2) is 41.4 Å². The first-order chi connectivity index (χ1) is 10.6. The molecule has 22 heavy (non-hydrogen) atoms. The molecule has 0 unspecified atom stereocenters. The van der Waals surface area contributed by atoms with E-state index >= 15 is 0 Å². The van der Waals surface area contributed by atoms with Gasteiger partial charge in [-0.2, -0.15) is 0 Å². The molecule has 0 radical (unpaired) electrons. The maximum absolute atomic E-state index is 11.9. The zero-order valence-corrected chi connectivity index (χ0v) is 13.3. The molecule has 0 aromatic heterocycles. The number of nitrogens with zero attached hydrogens (tertiary/aromatic N) is 1. The molecule has 118 valence electrons. The van der Waals surface area contributed by atoms with Crippen LogP contribution in [0, 0.1) is 0 Å². The van der Waals surface area contributed by atoms with Crippen molar-refractivity contribution >= 4 is 17.4 Å². The molecule has 0 aliphatic rings. The van der Waals surface area contributed by atoms with E-state index < -0.39 is 0 Å². The molecule has 0 spiro atoms. The zero-order chi connectivity index (χ0) is 16.4. The number of amides is 1. The fourth-order valence-corrected chi connectivity index (χ4v) is 1.81. The number of benzene rings is 1. The zero-order valence-electron chi connectivity index (χ0n) is 13.3. The van der Waals surface area contributed by atoms with Crippen LogP contribution >= 0.6 is 0 Å². The van der Waals surface area contributed by atoms with E-state index in [4.69, 9.17) is 4.74 Å². The summed E-state index contributed by atoms with van der Waals surface area (Å²) in [7, 11) is 3.30. The Kier molecular flexibility index (Phi) is 7.78. The van der Waals surface area contributed by atoms with Gasteiger partial charge in [-0.05, 0) is 43.2 Å². The first-order valence-electron chi connectivity index (χ1n) is 7.11. The van der Waals surface area contributed by atoms with E-state index in [9.17, 15) is 9.59 Å². The van der Waals surface area contributed by atoms with Crippen LogP contribution in [0.5, 0.6) is 0 Å². The normalized spacial score (nSPS) is 11.7. The average molecular weight is 302 g/mol. The van der Waals surface area contributed by atoms with Crippen LogP contribution in [0.25, 0.3) is 0 Å². The van der Waals surface area contributed by atoms with Gasteiger partial charge in [0.05, 0.1) is 5.71 Å². The first kappa shape index (κ1) is 17.8. The van der Waals surface area contributed by atoms with Crippen molar-refractivity contribution in [1.29, 1.82) is 0 Å². The average Bonchev–Trinajstić information content (AvgIpc) is 2.52. The molecule has 0 aliphatic heterocycles. The van der Waals surface area contributed by atoms with Gasteiger partial charge in [0.2, 0.25) is 0 Å². The van der Waals surface area contributed by atoms with Crippen LogP contribution in [-0.4, -0.2) is 44.7 Å². The highest BCUT2D eigenvalue weighted by Crippen LogP contribution is 2.07. The Morgan fingerprint density at radius 2 is 1.82 bits per heavy atom. The number of hydrogen-bond donors (Lipinski definition) is 1. The van der Waals surface area contributed by atoms with Gasteiger partial charge in [0.15, 0.2) is 5.78 Å². The third-order valence-electron chi connectivity index (χ3n) is 2.97. The molecule has 1 aromatic carbocycles. The minimum absolute atomic E-state index is 0.0341. The summed E-state index contributed by atoms with van der Waals surface area (Å²) in [5, 5.41) is 2.83. The highest BCUT2D eigenvalue weighted by molar-refractivity contribution is 6.11. The minimum atomic E-state index is -0.114. The Bertz CT molecular complexity index is 560. The van der Waals surface area contributed by atoms with Crippen molar-refractivity contribution in [3.05, 3.63) is 47.5 Å². The molecule has 1 aromatic rings. The third-order valence-corrected chi connectivity index (χ3v) is 2.97. The number of nitrogens with one attached hydrogen (secondary N) is 1. The molecular formula is C17H22N2O3. The molecule has 0 saturated heterocycles. The lowest BCUT2D eigenvalue weighted by atomic mass is 10.1. The van der Waals surface area contributed by atoms with Crippen molar-refractivity contribution in [3.8, 4) is 0 Å². The smallest absolute Gasteiger partial charge is 0.251 e. The summed E-state index contributed by atoms with van der Waals surface area (Å²) in [5.74, 6) is -0.148. The van der Waals surface area contributed by atoms with E-state index in [0.717, 1.165) is 12.0 Å². The van der Waals surface area contributed by atoms with E-state index in [2.05, 4.69) is 10.3 Å². The topological polar surface area (TPSA) is 67.8 Å². The predicted octanol–water partition coefficient (Wildman–Crippen LogP) is 2.02. The standard InChI is InChI=1S/C17H22N2O3/c1-13(20)5-10-16(18-2)14-6-8-15(9-7-14)17(21)19-11-4-12-22-3/h5-10H,4,11-12H2,1-3H3,(H,19,21)/b10-5-,18-16?. The summed E-state index contributed by atoms with van der Waals surface area (Å²) in [6, 6.07) is 7.12. The maximum Gasteiger partial charge on any atom is 0.251 e. The molecule has 5 nitrogen and oxygen atoms in total. The monoisotopic (exact) mass is 302 g/mol. The number of carbonyl (C=O) groups excluding carboxylic acids is 2. The Morgan fingerprint density at radius 3 is 2.36 bits per heavy atom. The van der Waals surface area contributed by atoms with E-state index in [-0.39, 0.29) is 11.7 Å². The maximum atomic E-state index is 11.9. The second kappa shape index (κ2) is 9.63. The van der Waals surface area contributed by atoms with Gasteiger partial charge in [-0.3, -0.25) is 14.6 Å². The fourth-order valence-electron chi connectivity index (χ4n) is 1.81. The van der Waals surface area contributed by atoms with Crippen LogP contribution in [0.2, 0.25) is 0 Å². The van der Waals surface area contributed by atoms with E-state index in [1.54, 1.807) is 32.4 Å². The lowest BCUT2D eigenvalue weighted by Crippen LogP contribution is -2.25. The van der Waals surface area contributed by atoms with Gasteiger partial charge < -0.3 is 10.1 Å². The molecule has 0 heterocycles. The molecule has 1 rings (SSSR count). The summed E-state index contributed by atoms with van der Waals surface area (Å²) < 4.78 is 4.93. The molecule has 0 atom stereocenters. The minimum Gasteiger partial charge on any atom is -0.385 e. The second-order valence-electron chi connectivity index (χ2n) is 4.73. The number of aliphatic imine (C=N–C) groups is 1. The molecular weight excluding hydrogens is 280 g/mol. The van der Waals surface area contributed by atoms with E-state index in [0.29, 0.717) is 24.4 Å². The molecule has 5 heteroatoms. The highest BCUT2D eigenvalue weighted by atomic mass is 16.5. The molecule has 1 N–H and O–H groups in total. The van der Waals surface area contributed by atoms with Gasteiger partial charge in [-0.15, -0.1) is 0 Å². The Hall–Kier alpha value is -2.27. The van der Waals surface area contributed by atoms with Crippen LogP contribution < -0.4 is 5.32 Å². The predicted molar refractivity (Wildman–Crippen MR) is 87.6 cm³/mol. The largest absolute Gasteiger partial charge is 0.385 e. The second-order valence-corrected chi connectivity index (χ2v) is 4.73. The number of rotatable bonds is 8. The number of ketones is 1. The lowest BCUT2D eigenvalue weighted by molar-refractivity contribution is -0.112. The van der Waals surface area contributed by atoms with Crippen LogP contribution in [0.4, 0.5) is 0 Å². The van der Waals surface area contributed by atoms with Crippen molar-refractivity contribution in [3.63, 3.8) is 0 Å². The number of methoxy groups -OCH3 is 1. The number of hydrogen-bond acceptors (Lipinski definition) is 4. The summed E-state index contributed by atoms with van der Waals surface area (Å²) in [6.45, 7) is 2.69. The molecule has 1 amide bonds. The molecule has 0 saturated carbocycles. The van der Waals surface area contributed by atoms with Gasteiger partial charge in [0, 0.05) is 32.9 Å². The Morgan fingerprint density at radius 1 is 1.18 bits per heavy atom. The van der Waals surface area contributed by atoms with Crippen molar-refractivity contribution in [2.75, 3.05) is 27.3 Å². The Balaban J connectivity index is 2.69. The summed E-state index contributed by atoms with van der Waals surface area (Å²) in [4.78, 5) is 27.1. The van der Waals surface area contributed by atoms with Gasteiger partial charge in [0.25, 0.3) is 5.91 Å². The van der Waals surface area contributed by atoms with Gasteiger partial charge in [-0.25, -0.2) is 0 Å². The molecule has 0 bridgehead atoms. The molecule has 0 fully saturated rings. The van der Waals surface area contributed by atoms with Crippen molar-refractivity contribution in [1.82, 2.24) is 5.32 Å². The number of carbonyl (C=O) groups is 2. The fraction of sp³-hybridized carbons (Fsp3) is 0.353. The highest BCUT2D eigenvalue weighted by Gasteiger charge is 2.06. The van der Waals surface area contributed by atoms with Crippen LogP contribution in [-0.2, 0) is 9.53 Å². The van der Waals surface area contributed by atoms with Gasteiger partial charge >= 0.3 is 0 Å². The number of allylic oxidation sites excluding steroid dienone is 2. The lowest BCUT2D eigenvalue weighted by Gasteiger charge is -2.06. The summed E-state index contributed by atoms with van der Waals surface area (Å²) in [6.07, 6.45) is 3.92. The third kappa shape index (κ3) is 6.01. The first-order valence-corrected chi connectivity index (χ1v) is 7.11. The van der Waals surface area contributed by atoms with Crippen molar-refractivity contribution in [2.24, 2.45) is 4.99 Å². The molecule has 0 aliphatic carbocycles. The SMILES string of the molecule is CN=C(/C=C\C(C)=O)c1ccc(C(=O)NCCCOC)cc1. The Labute approximate surface area is 131 Å². The van der Waals surface area contributed by atoms with E-state index in [1.165, 1.54) is 13.0 Å². The van der Waals surface area contributed by atoms with Crippen molar-refractivity contribution in [2.45, 2.75) is 13.3 Å². The summed E-state index contributed by atoms with van der Waals surface area (Å²) in [5.41, 5.74) is 2.14. The quantitative estimate of drug-likeness (QED) is 0.454. The van der Waals surface area contributed by atoms with Crippen LogP contribution in [0.1, 0.15) is 29.3 Å². The van der Waals surface area contributed by atoms with Crippen LogP contribution in [0.3, 0.4) is 0 Å².